The van der Waals surface area contributed by atoms with Crippen LogP contribution in [0.2, 0.25) is 0 Å². The van der Waals surface area contributed by atoms with Crippen LogP contribution in [-0.4, -0.2) is 54.8 Å². The predicted molar refractivity (Wildman–Crippen MR) is 73.6 cm³/mol. The van der Waals surface area contributed by atoms with Crippen molar-refractivity contribution < 1.29 is 24.6 Å². The minimum absolute atomic E-state index is 0.0631. The summed E-state index contributed by atoms with van der Waals surface area (Å²) in [6, 6.07) is 0. The zero-order valence-electron chi connectivity index (χ0n) is 11.9. The molecule has 4 unspecified atom stereocenters. The molecule has 0 radical (unpaired) electrons. The highest BCUT2D eigenvalue weighted by Crippen LogP contribution is 2.26. The number of nitrogen functional groups attached to an aromatic ring is 1. The first-order chi connectivity index (χ1) is 10.5. The Morgan fingerprint density at radius 1 is 1.50 bits per heavy atom. The fraction of sp³-hybridized carbons (Fsp3) is 0.583. The summed E-state index contributed by atoms with van der Waals surface area (Å²) in [4.78, 5) is 18.6. The van der Waals surface area contributed by atoms with Crippen LogP contribution < -0.4 is 15.9 Å². The SMILES string of the molecule is CCn1c[n+](C2OC(CO)C(O)C2O)c2nc(N)[nH]c(=O)c21. The quantitative estimate of drug-likeness (QED) is 0.385. The van der Waals surface area contributed by atoms with Gasteiger partial charge in [0, 0.05) is 0 Å². The Labute approximate surface area is 124 Å². The first-order valence-electron chi connectivity index (χ1n) is 6.90. The molecule has 1 aliphatic heterocycles. The van der Waals surface area contributed by atoms with Crippen molar-refractivity contribution in [2.24, 2.45) is 0 Å². The number of aromatic nitrogens is 4. The molecule has 1 aliphatic rings. The van der Waals surface area contributed by atoms with Crippen molar-refractivity contribution in [3.63, 3.8) is 0 Å². The van der Waals surface area contributed by atoms with Crippen LogP contribution in [0.5, 0.6) is 0 Å². The zero-order chi connectivity index (χ0) is 16.0. The van der Waals surface area contributed by atoms with E-state index in [1.165, 1.54) is 4.57 Å². The maximum absolute atomic E-state index is 12.1. The van der Waals surface area contributed by atoms with E-state index in [2.05, 4.69) is 9.97 Å². The van der Waals surface area contributed by atoms with Crippen LogP contribution in [0.25, 0.3) is 11.2 Å². The second-order valence-corrected chi connectivity index (χ2v) is 5.16. The molecule has 2 aromatic rings. The number of hydrogen-bond acceptors (Lipinski definition) is 7. The summed E-state index contributed by atoms with van der Waals surface area (Å²) >= 11 is 0. The molecule has 1 saturated heterocycles. The summed E-state index contributed by atoms with van der Waals surface area (Å²) in [7, 11) is 0. The highest BCUT2D eigenvalue weighted by molar-refractivity contribution is 5.67. The van der Waals surface area contributed by atoms with Crippen molar-refractivity contribution >= 4 is 17.1 Å². The van der Waals surface area contributed by atoms with E-state index in [0.717, 1.165) is 0 Å². The third kappa shape index (κ3) is 2.08. The number of aromatic amines is 1. The van der Waals surface area contributed by atoms with Crippen LogP contribution in [0.15, 0.2) is 11.1 Å². The molecule has 1 fully saturated rings. The molecular weight excluding hydrogens is 294 g/mol. The van der Waals surface area contributed by atoms with Crippen LogP contribution in [0.1, 0.15) is 13.2 Å². The standard InChI is InChI=1S/C12H17N5O5/c1-2-16-4-17(9-6(16)10(21)15-12(13)14-9)11-8(20)7(19)5(3-18)22-11/h4-5,7-8,11,18-20H,2-3H2,1H3,(H2-,13,14,15,21)/p+1. The fourth-order valence-electron chi connectivity index (χ4n) is 2.71. The molecule has 0 aliphatic carbocycles. The Morgan fingerprint density at radius 3 is 2.82 bits per heavy atom. The highest BCUT2D eigenvalue weighted by Gasteiger charge is 2.46. The van der Waals surface area contributed by atoms with Gasteiger partial charge >= 0.3 is 5.65 Å². The number of ether oxygens (including phenoxy) is 1. The lowest BCUT2D eigenvalue weighted by Crippen LogP contribution is -2.46. The molecule has 3 rings (SSSR count). The normalized spacial score (nSPS) is 28.5. The van der Waals surface area contributed by atoms with Gasteiger partial charge in [-0.3, -0.25) is 14.3 Å². The Bertz CT molecular complexity index is 756. The average Bonchev–Trinajstić information content (AvgIpc) is 2.98. The van der Waals surface area contributed by atoms with Crippen molar-refractivity contribution in [2.45, 2.75) is 38.0 Å². The third-order valence-corrected chi connectivity index (χ3v) is 3.82. The number of anilines is 1. The largest absolute Gasteiger partial charge is 0.394 e. The number of nitrogens with zero attached hydrogens (tertiary/aromatic N) is 3. The topological polar surface area (TPSA) is 150 Å². The van der Waals surface area contributed by atoms with E-state index in [0.29, 0.717) is 6.54 Å². The van der Waals surface area contributed by atoms with Crippen LogP contribution in [0.3, 0.4) is 0 Å². The van der Waals surface area contributed by atoms with Crippen LogP contribution in [0.4, 0.5) is 5.95 Å². The summed E-state index contributed by atoms with van der Waals surface area (Å²) in [5, 5.41) is 29.2. The van der Waals surface area contributed by atoms with Gasteiger partial charge in [0.25, 0.3) is 11.5 Å². The molecule has 22 heavy (non-hydrogen) atoms. The van der Waals surface area contributed by atoms with E-state index < -0.39 is 36.7 Å². The zero-order valence-corrected chi connectivity index (χ0v) is 11.9. The van der Waals surface area contributed by atoms with E-state index in [9.17, 15) is 20.1 Å². The molecule has 0 aromatic carbocycles. The lowest BCUT2D eigenvalue weighted by molar-refractivity contribution is -0.746. The molecule has 6 N–H and O–H groups in total. The van der Waals surface area contributed by atoms with Gasteiger partial charge in [-0.15, -0.1) is 0 Å². The molecule has 0 spiro atoms. The van der Waals surface area contributed by atoms with Crippen molar-refractivity contribution in [2.75, 3.05) is 12.3 Å². The lowest BCUT2D eigenvalue weighted by Gasteiger charge is -2.12. The second kappa shape index (κ2) is 5.32. The molecular formula is C12H18N5O5+. The number of aryl methyl sites for hydroxylation is 1. The number of H-pyrrole nitrogens is 1. The number of nitrogens with one attached hydrogen (secondary N) is 1. The number of aliphatic hydroxyl groups excluding tert-OH is 3. The Balaban J connectivity index is 2.18. The predicted octanol–water partition coefficient (Wildman–Crippen LogP) is -2.77. The molecule has 3 heterocycles. The first-order valence-corrected chi connectivity index (χ1v) is 6.90. The Hall–Kier alpha value is -2.01. The maximum atomic E-state index is 12.1. The van der Waals surface area contributed by atoms with Crippen molar-refractivity contribution in [3.05, 3.63) is 16.7 Å². The van der Waals surface area contributed by atoms with Gasteiger partial charge in [0.2, 0.25) is 11.7 Å². The van der Waals surface area contributed by atoms with E-state index >= 15 is 0 Å². The number of aliphatic hydroxyl groups is 3. The van der Waals surface area contributed by atoms with Crippen LogP contribution in [-0.2, 0) is 11.3 Å². The number of nitrogens with two attached hydrogens (primary N) is 1. The molecule has 10 nitrogen and oxygen atoms in total. The van der Waals surface area contributed by atoms with Gasteiger partial charge in [-0.05, 0) is 6.92 Å². The summed E-state index contributed by atoms with van der Waals surface area (Å²) in [5.41, 5.74) is 5.69. The minimum atomic E-state index is -1.26. The smallest absolute Gasteiger partial charge is 0.313 e. The third-order valence-electron chi connectivity index (χ3n) is 3.82. The number of hydrogen-bond donors (Lipinski definition) is 5. The average molecular weight is 312 g/mol. The molecule has 2 aromatic heterocycles. The van der Waals surface area contributed by atoms with Gasteiger partial charge in [0.15, 0.2) is 6.33 Å². The Morgan fingerprint density at radius 2 is 2.23 bits per heavy atom. The highest BCUT2D eigenvalue weighted by atomic mass is 16.6. The minimum Gasteiger partial charge on any atom is -0.394 e. The molecule has 4 atom stereocenters. The lowest BCUT2D eigenvalue weighted by atomic mass is 10.1. The van der Waals surface area contributed by atoms with Gasteiger partial charge in [-0.25, -0.2) is 4.57 Å². The molecule has 0 bridgehead atoms. The Kier molecular flexibility index (Phi) is 3.60. The number of rotatable bonds is 3. The number of fused-ring (bicyclic) bond motifs is 1. The van der Waals surface area contributed by atoms with E-state index in [-0.39, 0.29) is 17.1 Å². The van der Waals surface area contributed by atoms with Gasteiger partial charge in [0.1, 0.15) is 18.3 Å². The molecule has 120 valence electrons. The maximum Gasteiger partial charge on any atom is 0.313 e. The fourth-order valence-corrected chi connectivity index (χ4v) is 2.71. The van der Waals surface area contributed by atoms with Gasteiger partial charge < -0.3 is 25.8 Å². The summed E-state index contributed by atoms with van der Waals surface area (Å²) in [5.74, 6) is -0.0631. The second-order valence-electron chi connectivity index (χ2n) is 5.16. The molecule has 10 heteroatoms. The summed E-state index contributed by atoms with van der Waals surface area (Å²) < 4.78 is 8.55. The summed E-state index contributed by atoms with van der Waals surface area (Å²) in [6.07, 6.45) is -2.82. The summed E-state index contributed by atoms with van der Waals surface area (Å²) in [6.45, 7) is 1.90. The monoisotopic (exact) mass is 312 g/mol. The first kappa shape index (κ1) is 14.9. The molecule has 0 amide bonds. The van der Waals surface area contributed by atoms with Gasteiger partial charge in [-0.1, -0.05) is 4.98 Å². The van der Waals surface area contributed by atoms with Gasteiger partial charge in [0.05, 0.1) is 13.2 Å². The van der Waals surface area contributed by atoms with Crippen LogP contribution in [0, 0.1) is 0 Å². The van der Waals surface area contributed by atoms with E-state index in [1.807, 2.05) is 6.92 Å². The van der Waals surface area contributed by atoms with E-state index in [4.69, 9.17) is 10.5 Å². The molecule has 0 saturated carbocycles. The van der Waals surface area contributed by atoms with Crippen molar-refractivity contribution in [3.8, 4) is 0 Å². The van der Waals surface area contributed by atoms with Crippen LogP contribution >= 0.6 is 0 Å². The number of imidazole rings is 1. The van der Waals surface area contributed by atoms with Crippen molar-refractivity contribution in [1.82, 2.24) is 14.5 Å². The van der Waals surface area contributed by atoms with E-state index in [1.54, 1.807) is 10.9 Å². The van der Waals surface area contributed by atoms with Gasteiger partial charge in [-0.2, -0.15) is 0 Å². The van der Waals surface area contributed by atoms with Crippen molar-refractivity contribution in [1.29, 1.82) is 0 Å².